The first-order chi connectivity index (χ1) is 7.97. The molecule has 0 bridgehead atoms. The third-order valence-electron chi connectivity index (χ3n) is 2.90. The Morgan fingerprint density at radius 1 is 1.41 bits per heavy atom. The van der Waals surface area contributed by atoms with E-state index < -0.39 is 6.04 Å². The van der Waals surface area contributed by atoms with Crippen molar-refractivity contribution in [2.75, 3.05) is 11.4 Å². The molecule has 0 fully saturated rings. The molecular formula is C14H22N2O. The van der Waals surface area contributed by atoms with Crippen molar-refractivity contribution in [3.05, 3.63) is 29.8 Å². The average molecular weight is 234 g/mol. The molecule has 0 aromatic heterocycles. The molecule has 0 aliphatic carbocycles. The van der Waals surface area contributed by atoms with Gasteiger partial charge in [-0.25, -0.2) is 0 Å². The number of rotatable bonds is 4. The molecule has 1 amide bonds. The van der Waals surface area contributed by atoms with Crippen LogP contribution in [0.25, 0.3) is 0 Å². The highest BCUT2D eigenvalue weighted by Gasteiger charge is 2.23. The van der Waals surface area contributed by atoms with Crippen molar-refractivity contribution in [1.82, 2.24) is 0 Å². The van der Waals surface area contributed by atoms with Crippen LogP contribution in [0.5, 0.6) is 0 Å². The number of carbonyl (C=O) groups excluding carboxylic acids is 1. The molecule has 0 aliphatic rings. The third kappa shape index (κ3) is 3.30. The maximum Gasteiger partial charge on any atom is 0.244 e. The lowest BCUT2D eigenvalue weighted by molar-refractivity contribution is -0.120. The molecule has 0 spiro atoms. The second-order valence-electron chi connectivity index (χ2n) is 4.69. The molecule has 1 unspecified atom stereocenters. The van der Waals surface area contributed by atoms with Gasteiger partial charge in [0.25, 0.3) is 0 Å². The molecule has 2 N–H and O–H groups in total. The van der Waals surface area contributed by atoms with Gasteiger partial charge in [0.1, 0.15) is 0 Å². The topological polar surface area (TPSA) is 46.3 Å². The standard InChI is InChI=1S/C14H22N2O/c1-5-16(14(17)13(15)10(2)3)12-8-6-7-11(4)9-12/h6-10,13H,5,15H2,1-4H3. The number of amides is 1. The quantitative estimate of drug-likeness (QED) is 0.869. The van der Waals surface area contributed by atoms with Gasteiger partial charge in [-0.1, -0.05) is 26.0 Å². The summed E-state index contributed by atoms with van der Waals surface area (Å²) >= 11 is 0. The van der Waals surface area contributed by atoms with E-state index in [9.17, 15) is 4.79 Å². The van der Waals surface area contributed by atoms with E-state index >= 15 is 0 Å². The summed E-state index contributed by atoms with van der Waals surface area (Å²) in [6, 6.07) is 7.50. The summed E-state index contributed by atoms with van der Waals surface area (Å²) in [6.45, 7) is 8.56. The highest BCUT2D eigenvalue weighted by atomic mass is 16.2. The van der Waals surface area contributed by atoms with Crippen molar-refractivity contribution in [2.24, 2.45) is 11.7 Å². The van der Waals surface area contributed by atoms with Crippen LogP contribution >= 0.6 is 0 Å². The second kappa shape index (κ2) is 5.82. The Kier molecular flexibility index (Phi) is 4.70. The van der Waals surface area contributed by atoms with Crippen LogP contribution in [0, 0.1) is 12.8 Å². The van der Waals surface area contributed by atoms with Crippen LogP contribution in [0.4, 0.5) is 5.69 Å². The molecule has 0 saturated carbocycles. The highest BCUT2D eigenvalue weighted by Crippen LogP contribution is 2.17. The molecule has 17 heavy (non-hydrogen) atoms. The first-order valence-corrected chi connectivity index (χ1v) is 6.11. The minimum atomic E-state index is -0.435. The fraction of sp³-hybridized carbons (Fsp3) is 0.500. The molecule has 94 valence electrons. The number of likely N-dealkylation sites (N-methyl/N-ethyl adjacent to an activating group) is 1. The zero-order valence-corrected chi connectivity index (χ0v) is 11.1. The molecule has 0 heterocycles. The fourth-order valence-electron chi connectivity index (χ4n) is 1.73. The summed E-state index contributed by atoms with van der Waals surface area (Å²) in [5.74, 6) is 0.148. The number of nitrogens with zero attached hydrogens (tertiary/aromatic N) is 1. The van der Waals surface area contributed by atoms with Gasteiger partial charge in [0.05, 0.1) is 6.04 Å². The zero-order valence-electron chi connectivity index (χ0n) is 11.1. The van der Waals surface area contributed by atoms with Gasteiger partial charge in [-0.2, -0.15) is 0 Å². The van der Waals surface area contributed by atoms with Crippen molar-refractivity contribution in [2.45, 2.75) is 33.7 Å². The minimum absolute atomic E-state index is 0.00639. The van der Waals surface area contributed by atoms with Crippen LogP contribution < -0.4 is 10.6 Å². The molecule has 3 heteroatoms. The van der Waals surface area contributed by atoms with Crippen LogP contribution in [0.2, 0.25) is 0 Å². The van der Waals surface area contributed by atoms with E-state index in [-0.39, 0.29) is 11.8 Å². The van der Waals surface area contributed by atoms with Crippen LogP contribution in [0.1, 0.15) is 26.3 Å². The minimum Gasteiger partial charge on any atom is -0.320 e. The van der Waals surface area contributed by atoms with Crippen LogP contribution in [-0.2, 0) is 4.79 Å². The SMILES string of the molecule is CCN(C(=O)C(N)C(C)C)c1cccc(C)c1. The van der Waals surface area contributed by atoms with Crippen molar-refractivity contribution in [3.8, 4) is 0 Å². The van der Waals surface area contributed by atoms with Gasteiger partial charge in [0.2, 0.25) is 5.91 Å². The number of nitrogens with two attached hydrogens (primary N) is 1. The summed E-state index contributed by atoms with van der Waals surface area (Å²) in [6.07, 6.45) is 0. The van der Waals surface area contributed by atoms with E-state index in [0.717, 1.165) is 11.3 Å². The molecule has 0 aliphatic heterocycles. The molecule has 0 radical (unpaired) electrons. The lowest BCUT2D eigenvalue weighted by Crippen LogP contribution is -2.46. The maximum absolute atomic E-state index is 12.2. The Hall–Kier alpha value is -1.35. The largest absolute Gasteiger partial charge is 0.320 e. The summed E-state index contributed by atoms with van der Waals surface area (Å²) in [4.78, 5) is 14.0. The van der Waals surface area contributed by atoms with Gasteiger partial charge < -0.3 is 10.6 Å². The van der Waals surface area contributed by atoms with E-state index in [1.54, 1.807) is 4.90 Å². The van der Waals surface area contributed by atoms with E-state index in [1.165, 1.54) is 0 Å². The molecule has 0 saturated heterocycles. The summed E-state index contributed by atoms with van der Waals surface area (Å²) in [5, 5.41) is 0. The summed E-state index contributed by atoms with van der Waals surface area (Å²) < 4.78 is 0. The number of aryl methyl sites for hydroxylation is 1. The van der Waals surface area contributed by atoms with Gasteiger partial charge >= 0.3 is 0 Å². The summed E-state index contributed by atoms with van der Waals surface area (Å²) in [7, 11) is 0. The van der Waals surface area contributed by atoms with Crippen molar-refractivity contribution >= 4 is 11.6 Å². The number of benzene rings is 1. The average Bonchev–Trinajstić information content (AvgIpc) is 2.28. The third-order valence-corrected chi connectivity index (χ3v) is 2.90. The second-order valence-corrected chi connectivity index (χ2v) is 4.69. The van der Waals surface area contributed by atoms with Gasteiger partial charge in [-0.05, 0) is 37.5 Å². The van der Waals surface area contributed by atoms with E-state index in [0.29, 0.717) is 6.54 Å². The van der Waals surface area contributed by atoms with Gasteiger partial charge in [0.15, 0.2) is 0 Å². The number of hydrogen-bond acceptors (Lipinski definition) is 2. The zero-order chi connectivity index (χ0) is 13.0. The fourth-order valence-corrected chi connectivity index (χ4v) is 1.73. The van der Waals surface area contributed by atoms with Gasteiger partial charge in [-0.3, -0.25) is 4.79 Å². The molecule has 1 rings (SSSR count). The first kappa shape index (κ1) is 13.7. The monoisotopic (exact) mass is 234 g/mol. The number of anilines is 1. The maximum atomic E-state index is 12.2. The van der Waals surface area contributed by atoms with Crippen molar-refractivity contribution in [1.29, 1.82) is 0 Å². The molecule has 1 atom stereocenters. The Bertz CT molecular complexity index is 388. The van der Waals surface area contributed by atoms with Gasteiger partial charge in [-0.15, -0.1) is 0 Å². The Morgan fingerprint density at radius 3 is 2.53 bits per heavy atom. The summed E-state index contributed by atoms with van der Waals surface area (Å²) in [5.41, 5.74) is 7.99. The van der Waals surface area contributed by atoms with E-state index in [2.05, 4.69) is 0 Å². The number of hydrogen-bond donors (Lipinski definition) is 1. The van der Waals surface area contributed by atoms with Crippen LogP contribution in [-0.4, -0.2) is 18.5 Å². The Labute approximate surface area is 104 Å². The number of carbonyl (C=O) groups is 1. The van der Waals surface area contributed by atoms with E-state index in [1.807, 2.05) is 52.0 Å². The molecule has 3 nitrogen and oxygen atoms in total. The van der Waals surface area contributed by atoms with Gasteiger partial charge in [0, 0.05) is 12.2 Å². The molecule has 1 aromatic rings. The molecular weight excluding hydrogens is 212 g/mol. The van der Waals surface area contributed by atoms with E-state index in [4.69, 9.17) is 5.73 Å². The van der Waals surface area contributed by atoms with Crippen LogP contribution in [0.15, 0.2) is 24.3 Å². The van der Waals surface area contributed by atoms with Crippen molar-refractivity contribution < 1.29 is 4.79 Å². The van der Waals surface area contributed by atoms with Crippen molar-refractivity contribution in [3.63, 3.8) is 0 Å². The predicted octanol–water partition coefficient (Wildman–Crippen LogP) is 2.33. The normalized spacial score (nSPS) is 12.6. The Balaban J connectivity index is 2.96. The predicted molar refractivity (Wildman–Crippen MR) is 72.0 cm³/mol. The lowest BCUT2D eigenvalue weighted by Gasteiger charge is -2.26. The lowest BCUT2D eigenvalue weighted by atomic mass is 10.0. The smallest absolute Gasteiger partial charge is 0.244 e. The van der Waals surface area contributed by atoms with Crippen LogP contribution in [0.3, 0.4) is 0 Å². The highest BCUT2D eigenvalue weighted by molar-refractivity contribution is 5.97. The Morgan fingerprint density at radius 2 is 2.06 bits per heavy atom. The molecule has 1 aromatic carbocycles. The first-order valence-electron chi connectivity index (χ1n) is 6.11.